The summed E-state index contributed by atoms with van der Waals surface area (Å²) in [6, 6.07) is 6.36. The van der Waals surface area contributed by atoms with Gasteiger partial charge >= 0.3 is 7.12 Å². The van der Waals surface area contributed by atoms with Gasteiger partial charge in [-0.3, -0.25) is 4.79 Å². The standard InChI is InChI=1S/C5H5BO4.C4H4O/c7-3-4-1-2-5(10-4)6(8)9;1-2-4-5-3-1/h1-3,8-9H;1-4H. The monoisotopic (exact) mass is 208 g/mol. The van der Waals surface area contributed by atoms with E-state index in [1.807, 2.05) is 12.1 Å². The number of furan rings is 2. The largest absolute Gasteiger partial charge is 0.526 e. The van der Waals surface area contributed by atoms with Gasteiger partial charge in [-0.05, 0) is 24.3 Å². The molecule has 2 N–H and O–H groups in total. The maximum absolute atomic E-state index is 9.99. The summed E-state index contributed by atoms with van der Waals surface area (Å²) in [5.74, 6) is 0.0862. The lowest BCUT2D eigenvalue weighted by atomic mass is 9.88. The first-order valence-corrected chi connectivity index (χ1v) is 4.12. The summed E-state index contributed by atoms with van der Waals surface area (Å²) in [5.41, 5.74) is -0.0258. The molecule has 15 heavy (non-hydrogen) atoms. The zero-order chi connectivity index (χ0) is 11.1. The van der Waals surface area contributed by atoms with Crippen molar-refractivity contribution in [3.8, 4) is 0 Å². The Morgan fingerprint density at radius 3 is 2.13 bits per heavy atom. The van der Waals surface area contributed by atoms with E-state index in [4.69, 9.17) is 10.0 Å². The third-order valence-electron chi connectivity index (χ3n) is 1.44. The minimum Gasteiger partial charge on any atom is -0.473 e. The number of carbonyl (C=O) groups excluding carboxylic acids is 1. The Hall–Kier alpha value is -1.79. The van der Waals surface area contributed by atoms with E-state index in [0.717, 1.165) is 0 Å². The van der Waals surface area contributed by atoms with Crippen LogP contribution < -0.4 is 5.66 Å². The molecule has 0 saturated carbocycles. The van der Waals surface area contributed by atoms with Gasteiger partial charge in [0, 0.05) is 0 Å². The molecule has 6 heteroatoms. The highest BCUT2D eigenvalue weighted by molar-refractivity contribution is 6.57. The van der Waals surface area contributed by atoms with Crippen molar-refractivity contribution in [3.05, 3.63) is 42.6 Å². The van der Waals surface area contributed by atoms with E-state index in [1.165, 1.54) is 12.1 Å². The Morgan fingerprint density at radius 1 is 1.20 bits per heavy atom. The van der Waals surface area contributed by atoms with Gasteiger partial charge in [0.2, 0.25) is 0 Å². The van der Waals surface area contributed by atoms with Crippen LogP contribution in [0.25, 0.3) is 0 Å². The molecule has 0 unspecified atom stereocenters. The summed E-state index contributed by atoms with van der Waals surface area (Å²) >= 11 is 0. The van der Waals surface area contributed by atoms with Gasteiger partial charge in [-0.15, -0.1) is 0 Å². The first kappa shape index (κ1) is 11.3. The molecule has 2 aromatic rings. The fourth-order valence-corrected chi connectivity index (χ4v) is 0.797. The van der Waals surface area contributed by atoms with Crippen LogP contribution in [0.4, 0.5) is 0 Å². The van der Waals surface area contributed by atoms with Crippen LogP contribution in [0.3, 0.4) is 0 Å². The zero-order valence-corrected chi connectivity index (χ0v) is 7.74. The molecule has 2 heterocycles. The number of hydrogen-bond donors (Lipinski definition) is 2. The van der Waals surface area contributed by atoms with Gasteiger partial charge in [0.05, 0.1) is 12.5 Å². The minimum atomic E-state index is -1.64. The number of rotatable bonds is 2. The Labute approximate surface area is 86.1 Å². The minimum absolute atomic E-state index is 0.0258. The summed E-state index contributed by atoms with van der Waals surface area (Å²) in [6.07, 6.45) is 3.74. The molecule has 0 aliphatic carbocycles. The maximum atomic E-state index is 9.99. The second kappa shape index (κ2) is 5.84. The molecule has 5 nitrogen and oxygen atoms in total. The second-order valence-electron chi connectivity index (χ2n) is 2.52. The van der Waals surface area contributed by atoms with E-state index in [-0.39, 0.29) is 11.4 Å². The molecule has 78 valence electrons. The Bertz CT molecular complexity index is 362. The van der Waals surface area contributed by atoms with E-state index in [2.05, 4.69) is 8.83 Å². The molecule has 0 saturated heterocycles. The molecule has 2 aromatic heterocycles. The topological polar surface area (TPSA) is 83.8 Å². The average molecular weight is 208 g/mol. The summed E-state index contributed by atoms with van der Waals surface area (Å²) < 4.78 is 9.21. The molecule has 0 radical (unpaired) electrons. The molecule has 0 atom stereocenters. The number of hydrogen-bond acceptors (Lipinski definition) is 5. The lowest BCUT2D eigenvalue weighted by Crippen LogP contribution is -2.27. The molecular formula is C9H9BO5. The molecular weight excluding hydrogens is 199 g/mol. The van der Waals surface area contributed by atoms with Crippen LogP contribution in [-0.2, 0) is 0 Å². The third kappa shape index (κ3) is 3.84. The van der Waals surface area contributed by atoms with Gasteiger partial charge in [0.1, 0.15) is 5.66 Å². The molecule has 0 fully saturated rings. The van der Waals surface area contributed by atoms with Crippen molar-refractivity contribution in [2.75, 3.05) is 0 Å². The zero-order valence-electron chi connectivity index (χ0n) is 7.74. The van der Waals surface area contributed by atoms with Crippen molar-refractivity contribution in [2.24, 2.45) is 0 Å². The third-order valence-corrected chi connectivity index (χ3v) is 1.44. The molecule has 0 amide bonds. The van der Waals surface area contributed by atoms with Crippen LogP contribution in [0, 0.1) is 0 Å². The quantitative estimate of drug-likeness (QED) is 0.538. The van der Waals surface area contributed by atoms with Gasteiger partial charge in [0.25, 0.3) is 0 Å². The first-order chi connectivity index (χ1) is 7.24. The highest BCUT2D eigenvalue weighted by Crippen LogP contribution is 1.93. The van der Waals surface area contributed by atoms with E-state index in [9.17, 15) is 4.79 Å². The van der Waals surface area contributed by atoms with Crippen molar-refractivity contribution in [1.29, 1.82) is 0 Å². The summed E-state index contributed by atoms with van der Waals surface area (Å²) in [7, 11) is -1.64. The highest BCUT2D eigenvalue weighted by atomic mass is 16.4. The maximum Gasteiger partial charge on any atom is 0.526 e. The van der Waals surface area contributed by atoms with E-state index in [1.54, 1.807) is 12.5 Å². The van der Waals surface area contributed by atoms with Crippen molar-refractivity contribution in [3.63, 3.8) is 0 Å². The summed E-state index contributed by atoms with van der Waals surface area (Å²) in [5, 5.41) is 17.0. The van der Waals surface area contributed by atoms with Crippen molar-refractivity contribution in [1.82, 2.24) is 0 Å². The highest BCUT2D eigenvalue weighted by Gasteiger charge is 2.15. The Kier molecular flexibility index (Phi) is 4.40. The smallest absolute Gasteiger partial charge is 0.473 e. The summed E-state index contributed by atoms with van der Waals surface area (Å²) in [6.45, 7) is 0. The van der Waals surface area contributed by atoms with Gasteiger partial charge in [-0.2, -0.15) is 0 Å². The molecule has 0 aromatic carbocycles. The fraction of sp³-hybridized carbons (Fsp3) is 0. The summed E-state index contributed by atoms with van der Waals surface area (Å²) in [4.78, 5) is 9.99. The SMILES string of the molecule is O=Cc1ccc(B(O)O)o1.c1ccoc1. The molecule has 0 aliphatic heterocycles. The number of carbonyl (C=O) groups is 1. The van der Waals surface area contributed by atoms with E-state index in [0.29, 0.717) is 6.29 Å². The van der Waals surface area contributed by atoms with Crippen LogP contribution in [0.15, 0.2) is 45.6 Å². The van der Waals surface area contributed by atoms with Gasteiger partial charge in [0.15, 0.2) is 12.0 Å². The lowest BCUT2D eigenvalue weighted by Gasteiger charge is -1.88. The van der Waals surface area contributed by atoms with Gasteiger partial charge in [-0.1, -0.05) is 0 Å². The second-order valence-corrected chi connectivity index (χ2v) is 2.52. The molecule has 0 spiro atoms. The predicted molar refractivity (Wildman–Crippen MR) is 52.6 cm³/mol. The lowest BCUT2D eigenvalue weighted by molar-refractivity contribution is 0.110. The molecule has 2 rings (SSSR count). The molecule has 0 aliphatic rings. The van der Waals surface area contributed by atoms with Crippen LogP contribution >= 0.6 is 0 Å². The normalized spacial score (nSPS) is 8.93. The van der Waals surface area contributed by atoms with Crippen LogP contribution in [0.2, 0.25) is 0 Å². The van der Waals surface area contributed by atoms with Crippen molar-refractivity contribution < 1.29 is 23.7 Å². The van der Waals surface area contributed by atoms with Crippen LogP contribution in [-0.4, -0.2) is 23.5 Å². The van der Waals surface area contributed by atoms with Gasteiger partial charge < -0.3 is 18.9 Å². The number of aldehydes is 1. The van der Waals surface area contributed by atoms with Gasteiger partial charge in [-0.25, -0.2) is 0 Å². The van der Waals surface area contributed by atoms with E-state index >= 15 is 0 Å². The fourth-order valence-electron chi connectivity index (χ4n) is 0.797. The predicted octanol–water partition coefficient (Wildman–Crippen LogP) is 0.0515. The average Bonchev–Trinajstić information content (AvgIpc) is 2.92. The Balaban J connectivity index is 0.000000187. The Morgan fingerprint density at radius 2 is 1.87 bits per heavy atom. The van der Waals surface area contributed by atoms with Crippen LogP contribution in [0.5, 0.6) is 0 Å². The first-order valence-electron chi connectivity index (χ1n) is 4.12. The van der Waals surface area contributed by atoms with Crippen LogP contribution in [0.1, 0.15) is 10.6 Å². The molecule has 0 bridgehead atoms. The van der Waals surface area contributed by atoms with E-state index < -0.39 is 7.12 Å². The van der Waals surface area contributed by atoms with Crippen molar-refractivity contribution in [2.45, 2.75) is 0 Å². The van der Waals surface area contributed by atoms with Crippen molar-refractivity contribution >= 4 is 19.1 Å².